The van der Waals surface area contributed by atoms with E-state index >= 15 is 0 Å². The molecule has 2 unspecified atom stereocenters. The summed E-state index contributed by atoms with van der Waals surface area (Å²) in [4.78, 5) is 0. The molecule has 2 atom stereocenters. The Kier molecular flexibility index (Phi) is 4.53. The average Bonchev–Trinajstić information content (AvgIpc) is 1.85. The number of methoxy groups -OCH3 is 1. The Morgan fingerprint density at radius 2 is 1.55 bits per heavy atom. The van der Waals surface area contributed by atoms with E-state index in [9.17, 15) is 0 Å². The van der Waals surface area contributed by atoms with Crippen LogP contribution in [0.15, 0.2) is 0 Å². The van der Waals surface area contributed by atoms with Gasteiger partial charge in [-0.2, -0.15) is 0 Å². The Morgan fingerprint density at radius 1 is 1.09 bits per heavy atom. The summed E-state index contributed by atoms with van der Waals surface area (Å²) < 4.78 is 10.6. The molecule has 0 N–H and O–H groups in total. The van der Waals surface area contributed by atoms with Crippen LogP contribution >= 0.6 is 7.26 Å². The molecule has 0 radical (unpaired) electrons. The van der Waals surface area contributed by atoms with Crippen molar-refractivity contribution in [3.8, 4) is 0 Å². The van der Waals surface area contributed by atoms with E-state index in [4.69, 9.17) is 9.47 Å². The molecule has 11 heavy (non-hydrogen) atoms. The SMILES string of the molecule is COC(C)OC(C)[PH](C)(C)C. The molecule has 0 spiro atoms. The monoisotopic (exact) mass is 180 g/mol. The molecular formula is C8H21O2P. The molecule has 2 nitrogen and oxygen atoms in total. The van der Waals surface area contributed by atoms with E-state index in [0.29, 0.717) is 5.85 Å². The van der Waals surface area contributed by atoms with Gasteiger partial charge in [0, 0.05) is 0 Å². The first-order chi connectivity index (χ1) is 4.88. The first kappa shape index (κ1) is 11.4. The van der Waals surface area contributed by atoms with Crippen LogP contribution in [0.5, 0.6) is 0 Å². The van der Waals surface area contributed by atoms with Crippen molar-refractivity contribution in [2.75, 3.05) is 27.1 Å². The number of hydrogen-bond acceptors (Lipinski definition) is 2. The zero-order valence-corrected chi connectivity index (χ0v) is 9.47. The minimum atomic E-state index is -1.14. The standard InChI is InChI=1S/C8H21O2P/c1-7(9-3)10-8(2)11(4,5)6/h7-8,11H,1-6H3. The van der Waals surface area contributed by atoms with Gasteiger partial charge >= 0.3 is 69.8 Å². The van der Waals surface area contributed by atoms with Crippen LogP contribution in [0.2, 0.25) is 0 Å². The molecule has 0 aliphatic heterocycles. The third kappa shape index (κ3) is 4.73. The normalized spacial score (nSPS) is 19.5. The molecule has 0 aliphatic rings. The number of hydrogen-bond donors (Lipinski definition) is 0. The predicted molar refractivity (Wildman–Crippen MR) is 53.1 cm³/mol. The molecule has 0 aromatic heterocycles. The number of rotatable bonds is 4. The second kappa shape index (κ2) is 4.39. The molecule has 3 heteroatoms. The van der Waals surface area contributed by atoms with Crippen LogP contribution in [-0.4, -0.2) is 39.2 Å². The summed E-state index contributed by atoms with van der Waals surface area (Å²) in [6.45, 7) is 10.9. The average molecular weight is 180 g/mol. The van der Waals surface area contributed by atoms with Crippen LogP contribution in [0.4, 0.5) is 0 Å². The Labute approximate surface area is 70.6 Å². The van der Waals surface area contributed by atoms with Crippen molar-refractivity contribution < 1.29 is 9.47 Å². The first-order valence-electron chi connectivity index (χ1n) is 4.06. The van der Waals surface area contributed by atoms with E-state index in [-0.39, 0.29) is 6.29 Å². The van der Waals surface area contributed by atoms with Crippen molar-refractivity contribution in [1.82, 2.24) is 0 Å². The van der Waals surface area contributed by atoms with Gasteiger partial charge in [0.1, 0.15) is 0 Å². The molecule has 0 amide bonds. The van der Waals surface area contributed by atoms with Crippen molar-refractivity contribution in [3.05, 3.63) is 0 Å². The fourth-order valence-electron chi connectivity index (χ4n) is 0.547. The van der Waals surface area contributed by atoms with Gasteiger partial charge in [-0.1, -0.05) is 0 Å². The quantitative estimate of drug-likeness (QED) is 0.486. The zero-order valence-electron chi connectivity index (χ0n) is 8.47. The van der Waals surface area contributed by atoms with E-state index < -0.39 is 7.26 Å². The van der Waals surface area contributed by atoms with Crippen molar-refractivity contribution in [1.29, 1.82) is 0 Å². The van der Waals surface area contributed by atoms with Crippen LogP contribution < -0.4 is 0 Å². The predicted octanol–water partition coefficient (Wildman–Crippen LogP) is 1.98. The third-order valence-electron chi connectivity index (χ3n) is 1.95. The van der Waals surface area contributed by atoms with Crippen LogP contribution in [0.25, 0.3) is 0 Å². The van der Waals surface area contributed by atoms with Crippen LogP contribution in [0.1, 0.15) is 13.8 Å². The van der Waals surface area contributed by atoms with Gasteiger partial charge in [0.25, 0.3) is 0 Å². The summed E-state index contributed by atoms with van der Waals surface area (Å²) in [5.41, 5.74) is 0. The van der Waals surface area contributed by atoms with E-state index in [0.717, 1.165) is 0 Å². The Bertz CT molecular complexity index is 109. The maximum absolute atomic E-state index is 5.60. The second-order valence-electron chi connectivity index (χ2n) is 3.95. The molecular weight excluding hydrogens is 159 g/mol. The van der Waals surface area contributed by atoms with Crippen molar-refractivity contribution >= 4 is 7.26 Å². The fraction of sp³-hybridized carbons (Fsp3) is 1.00. The minimum absolute atomic E-state index is 0.0725. The van der Waals surface area contributed by atoms with Gasteiger partial charge in [0.2, 0.25) is 0 Å². The molecule has 0 heterocycles. The summed E-state index contributed by atoms with van der Waals surface area (Å²) in [5, 5.41) is 0. The maximum atomic E-state index is 5.60. The van der Waals surface area contributed by atoms with E-state index in [1.54, 1.807) is 7.11 Å². The van der Waals surface area contributed by atoms with Gasteiger partial charge in [0.15, 0.2) is 0 Å². The molecule has 0 saturated carbocycles. The van der Waals surface area contributed by atoms with Gasteiger partial charge < -0.3 is 0 Å². The molecule has 0 saturated heterocycles. The summed E-state index contributed by atoms with van der Waals surface area (Å²) in [5.74, 6) is 0.359. The second-order valence-corrected chi connectivity index (χ2v) is 9.49. The fourth-order valence-corrected chi connectivity index (χ4v) is 1.15. The Morgan fingerprint density at radius 3 is 1.82 bits per heavy atom. The van der Waals surface area contributed by atoms with Gasteiger partial charge in [-0.15, -0.1) is 0 Å². The summed E-state index contributed by atoms with van der Waals surface area (Å²) in [7, 11) is 0.526. The molecule has 0 aromatic rings. The molecule has 0 fully saturated rings. The Balaban J connectivity index is 3.77. The summed E-state index contributed by atoms with van der Waals surface area (Å²) in [6, 6.07) is 0. The topological polar surface area (TPSA) is 18.5 Å². The molecule has 0 bridgehead atoms. The van der Waals surface area contributed by atoms with Crippen LogP contribution in [0, 0.1) is 0 Å². The summed E-state index contributed by atoms with van der Waals surface area (Å²) in [6.07, 6.45) is -0.0725. The van der Waals surface area contributed by atoms with E-state index in [1.807, 2.05) is 6.92 Å². The third-order valence-corrected chi connectivity index (χ3v) is 4.52. The number of ether oxygens (including phenoxy) is 2. The molecule has 0 rings (SSSR count). The summed E-state index contributed by atoms with van der Waals surface area (Å²) >= 11 is 0. The van der Waals surface area contributed by atoms with Crippen LogP contribution in [0.3, 0.4) is 0 Å². The molecule has 70 valence electrons. The van der Waals surface area contributed by atoms with Crippen molar-refractivity contribution in [2.24, 2.45) is 0 Å². The first-order valence-corrected chi connectivity index (χ1v) is 7.64. The van der Waals surface area contributed by atoms with E-state index in [1.165, 1.54) is 0 Å². The van der Waals surface area contributed by atoms with Gasteiger partial charge in [-0.05, 0) is 0 Å². The van der Waals surface area contributed by atoms with Crippen molar-refractivity contribution in [2.45, 2.75) is 26.0 Å². The molecule has 0 aromatic carbocycles. The van der Waals surface area contributed by atoms with Gasteiger partial charge in [0.05, 0.1) is 0 Å². The molecule has 0 aliphatic carbocycles. The van der Waals surface area contributed by atoms with Gasteiger partial charge in [-0.3, -0.25) is 0 Å². The van der Waals surface area contributed by atoms with E-state index in [2.05, 4.69) is 26.9 Å². The zero-order chi connectivity index (χ0) is 9.07. The Hall–Kier alpha value is 0.350. The van der Waals surface area contributed by atoms with Crippen LogP contribution in [-0.2, 0) is 9.47 Å². The van der Waals surface area contributed by atoms with Gasteiger partial charge in [-0.25, -0.2) is 0 Å². The van der Waals surface area contributed by atoms with Crippen molar-refractivity contribution in [3.63, 3.8) is 0 Å².